The minimum Gasteiger partial charge on any atom is -0.389 e. The number of amides is 4. The molecule has 1 aliphatic carbocycles. The van der Waals surface area contributed by atoms with Crippen molar-refractivity contribution in [2.75, 3.05) is 25.0 Å². The number of carbonyl (C=O) groups excluding carboxylic acids is 4. The summed E-state index contributed by atoms with van der Waals surface area (Å²) in [6.07, 6.45) is 7.42. The normalized spacial score (nSPS) is 20.6. The van der Waals surface area contributed by atoms with Gasteiger partial charge < -0.3 is 31.7 Å². The van der Waals surface area contributed by atoms with Crippen molar-refractivity contribution in [3.05, 3.63) is 113 Å². The lowest BCUT2D eigenvalue weighted by molar-refractivity contribution is -0.130. The smallest absolute Gasteiger partial charge is 0.247 e. The van der Waals surface area contributed by atoms with E-state index in [1.807, 2.05) is 48.5 Å². The molecule has 3 aromatic rings. The summed E-state index contributed by atoms with van der Waals surface area (Å²) in [5.74, 6) is -1.29. The van der Waals surface area contributed by atoms with Gasteiger partial charge in [-0.3, -0.25) is 24.5 Å². The van der Waals surface area contributed by atoms with Gasteiger partial charge in [-0.15, -0.1) is 0 Å². The van der Waals surface area contributed by atoms with Crippen molar-refractivity contribution in [3.8, 4) is 0 Å². The van der Waals surface area contributed by atoms with E-state index in [1.165, 1.54) is 0 Å². The average molecular weight is 771 g/mol. The molecule has 294 valence electrons. The number of hydrogen-bond acceptors (Lipinski definition) is 7. The third-order valence-electron chi connectivity index (χ3n) is 10.4. The zero-order chi connectivity index (χ0) is 39.0. The van der Waals surface area contributed by atoms with Gasteiger partial charge in [-0.1, -0.05) is 98.1 Å². The number of aliphatic hydroxyl groups excluding tert-OH is 1. The SMILES string of the molecule is C=C1CC2(CCCC2)CC(=O)N[C@H](Cc2ccc(NC(=O)C(Cc3ccccc3Cl)NC(=O)Cc3ccccc3)cc2)C(=O)NCC(O)NCCCCCN1. The third kappa shape index (κ3) is 13.5. The van der Waals surface area contributed by atoms with Crippen molar-refractivity contribution in [2.24, 2.45) is 5.41 Å². The number of anilines is 1. The van der Waals surface area contributed by atoms with Crippen LogP contribution in [0, 0.1) is 5.41 Å². The van der Waals surface area contributed by atoms with Crippen LogP contribution in [0.25, 0.3) is 0 Å². The first-order chi connectivity index (χ1) is 26.6. The van der Waals surface area contributed by atoms with Gasteiger partial charge in [0.05, 0.1) is 13.0 Å². The summed E-state index contributed by atoms with van der Waals surface area (Å²) in [7, 11) is 0. The Bertz CT molecular complexity index is 1750. The van der Waals surface area contributed by atoms with Crippen LogP contribution in [0.15, 0.2) is 91.1 Å². The predicted molar refractivity (Wildman–Crippen MR) is 216 cm³/mol. The fourth-order valence-electron chi connectivity index (χ4n) is 7.51. The third-order valence-corrected chi connectivity index (χ3v) is 10.8. The number of halogens is 1. The first kappa shape index (κ1) is 41.5. The molecule has 2 unspecified atom stereocenters. The van der Waals surface area contributed by atoms with Crippen molar-refractivity contribution in [3.63, 3.8) is 0 Å². The van der Waals surface area contributed by atoms with Gasteiger partial charge in [0.15, 0.2) is 0 Å². The van der Waals surface area contributed by atoms with E-state index in [0.29, 0.717) is 30.1 Å². The summed E-state index contributed by atoms with van der Waals surface area (Å²) in [6, 6.07) is 21.8. The van der Waals surface area contributed by atoms with Crippen LogP contribution in [0.2, 0.25) is 5.02 Å². The summed E-state index contributed by atoms with van der Waals surface area (Å²) in [5.41, 5.74) is 3.55. The Hall–Kier alpha value is -4.71. The number of hydrogen-bond donors (Lipinski definition) is 7. The van der Waals surface area contributed by atoms with E-state index in [9.17, 15) is 24.3 Å². The van der Waals surface area contributed by atoms with Crippen molar-refractivity contribution >= 4 is 40.9 Å². The summed E-state index contributed by atoms with van der Waals surface area (Å²) < 4.78 is 0. The highest BCUT2D eigenvalue weighted by molar-refractivity contribution is 6.31. The van der Waals surface area contributed by atoms with Gasteiger partial charge in [-0.05, 0) is 79.0 Å². The lowest BCUT2D eigenvalue weighted by atomic mass is 9.78. The first-order valence-electron chi connectivity index (χ1n) is 19.4. The Balaban J connectivity index is 1.27. The van der Waals surface area contributed by atoms with E-state index in [1.54, 1.807) is 30.3 Å². The largest absolute Gasteiger partial charge is 0.389 e. The van der Waals surface area contributed by atoms with Crippen LogP contribution in [0.3, 0.4) is 0 Å². The van der Waals surface area contributed by atoms with Crippen LogP contribution in [0.4, 0.5) is 5.69 Å². The van der Waals surface area contributed by atoms with Gasteiger partial charge in [0.25, 0.3) is 0 Å². The molecule has 11 nitrogen and oxygen atoms in total. The number of benzene rings is 3. The Kier molecular flexibility index (Phi) is 15.7. The van der Waals surface area contributed by atoms with E-state index in [4.69, 9.17) is 11.6 Å². The molecule has 12 heteroatoms. The number of carbonyl (C=O) groups is 4. The Morgan fingerprint density at radius 3 is 2.31 bits per heavy atom. The van der Waals surface area contributed by atoms with E-state index < -0.39 is 30.1 Å². The van der Waals surface area contributed by atoms with Crippen molar-refractivity contribution in [1.29, 1.82) is 0 Å². The monoisotopic (exact) mass is 770 g/mol. The highest BCUT2D eigenvalue weighted by atomic mass is 35.5. The first-order valence-corrected chi connectivity index (χ1v) is 19.8. The molecule has 7 N–H and O–H groups in total. The number of rotatable bonds is 9. The Labute approximate surface area is 329 Å². The summed E-state index contributed by atoms with van der Waals surface area (Å²) in [5, 5.41) is 29.1. The molecule has 3 aromatic carbocycles. The number of aliphatic hydroxyl groups is 1. The average Bonchev–Trinajstić information content (AvgIpc) is 3.61. The summed E-state index contributed by atoms with van der Waals surface area (Å²) in [6.45, 7) is 5.70. The maximum atomic E-state index is 13.7. The molecule has 1 spiro atoms. The zero-order valence-corrected chi connectivity index (χ0v) is 32.3. The molecule has 1 saturated heterocycles. The minimum atomic E-state index is -0.924. The van der Waals surface area contributed by atoms with Crippen LogP contribution in [0.1, 0.15) is 74.5 Å². The molecule has 55 heavy (non-hydrogen) atoms. The fourth-order valence-corrected chi connectivity index (χ4v) is 7.73. The molecule has 1 saturated carbocycles. The molecule has 2 aliphatic rings. The maximum Gasteiger partial charge on any atom is 0.247 e. The summed E-state index contributed by atoms with van der Waals surface area (Å²) in [4.78, 5) is 53.9. The lowest BCUT2D eigenvalue weighted by Crippen LogP contribution is -2.51. The van der Waals surface area contributed by atoms with Crippen molar-refractivity contribution in [1.82, 2.24) is 26.6 Å². The highest BCUT2D eigenvalue weighted by Gasteiger charge is 2.37. The second-order valence-corrected chi connectivity index (χ2v) is 15.4. The second kappa shape index (κ2) is 20.8. The van der Waals surface area contributed by atoms with E-state index in [2.05, 4.69) is 38.5 Å². The van der Waals surface area contributed by atoms with Crippen LogP contribution in [-0.4, -0.2) is 66.7 Å². The van der Waals surface area contributed by atoms with Gasteiger partial charge in [-0.25, -0.2) is 0 Å². The van der Waals surface area contributed by atoms with Crippen LogP contribution >= 0.6 is 11.6 Å². The van der Waals surface area contributed by atoms with Crippen molar-refractivity contribution < 1.29 is 24.3 Å². The molecular weight excluding hydrogens is 716 g/mol. The molecule has 1 aliphatic heterocycles. The maximum absolute atomic E-state index is 13.7. The number of β-amino-alcohol motifs (C(OH)–C–C–N with tert-alkyl or cyclic N) is 1. The fraction of sp³-hybridized carbons (Fsp3) is 0.442. The van der Waals surface area contributed by atoms with E-state index in [-0.39, 0.29) is 43.0 Å². The highest BCUT2D eigenvalue weighted by Crippen LogP contribution is 2.45. The zero-order valence-electron chi connectivity index (χ0n) is 31.5. The Morgan fingerprint density at radius 2 is 1.56 bits per heavy atom. The number of nitrogens with one attached hydrogen (secondary N) is 6. The molecule has 0 aromatic heterocycles. The molecule has 4 amide bonds. The minimum absolute atomic E-state index is 0.00125. The molecule has 2 fully saturated rings. The lowest BCUT2D eigenvalue weighted by Gasteiger charge is -2.31. The van der Waals surface area contributed by atoms with E-state index >= 15 is 0 Å². The second-order valence-electron chi connectivity index (χ2n) is 15.0. The quantitative estimate of drug-likeness (QED) is 0.163. The molecule has 1 heterocycles. The standard InChI is InChI=1S/C43H55ClN6O5/c1-30-27-43(20-8-9-21-43)28-39(52)50-36(41(54)47-29-40(53)46-23-11-3-10-22-45-30)24-32-16-18-34(19-17-32)48-42(55)37(26-33-14-6-7-15-35(33)44)49-38(51)25-31-12-4-2-5-13-31/h2,4-7,12-19,36-37,40,45-46,53H,1,3,8-11,20-29H2,(H,47,54)(H,48,55)(H,49,51)(H,50,52)/t36-,37?,40?/m1/s1. The molecule has 0 bridgehead atoms. The van der Waals surface area contributed by atoms with Crippen LogP contribution < -0.4 is 31.9 Å². The molecule has 3 atom stereocenters. The molecule has 5 rings (SSSR count). The van der Waals surface area contributed by atoms with Crippen LogP contribution in [-0.2, 0) is 38.4 Å². The number of allylic oxidation sites excluding steroid dienone is 1. The Morgan fingerprint density at radius 1 is 0.855 bits per heavy atom. The topological polar surface area (TPSA) is 161 Å². The molecular formula is C43H55ClN6O5. The van der Waals surface area contributed by atoms with Gasteiger partial charge >= 0.3 is 0 Å². The van der Waals surface area contributed by atoms with Crippen LogP contribution in [0.5, 0.6) is 0 Å². The molecule has 0 radical (unpaired) electrons. The van der Waals surface area contributed by atoms with Gasteiger partial charge in [0.2, 0.25) is 23.6 Å². The summed E-state index contributed by atoms with van der Waals surface area (Å²) >= 11 is 6.43. The van der Waals surface area contributed by atoms with Crippen molar-refractivity contribution in [2.45, 2.75) is 95.4 Å². The van der Waals surface area contributed by atoms with Gasteiger partial charge in [-0.2, -0.15) is 0 Å². The van der Waals surface area contributed by atoms with E-state index in [0.717, 1.165) is 73.9 Å². The predicted octanol–water partition coefficient (Wildman–Crippen LogP) is 4.93. The van der Waals surface area contributed by atoms with Gasteiger partial charge in [0.1, 0.15) is 18.3 Å². The van der Waals surface area contributed by atoms with Gasteiger partial charge in [0, 0.05) is 42.2 Å².